The van der Waals surface area contributed by atoms with Crippen molar-refractivity contribution in [1.29, 1.82) is 0 Å². The van der Waals surface area contributed by atoms with Gasteiger partial charge in [0.25, 0.3) is 0 Å². The van der Waals surface area contributed by atoms with Crippen molar-refractivity contribution in [2.24, 2.45) is 0 Å². The number of ether oxygens (including phenoxy) is 1. The molecule has 2 aliphatic rings. The van der Waals surface area contributed by atoms with E-state index in [1.807, 2.05) is 0 Å². The zero-order chi connectivity index (χ0) is 17.8. The van der Waals surface area contributed by atoms with Gasteiger partial charge >= 0.3 is 6.03 Å². The third kappa shape index (κ3) is 5.06. The van der Waals surface area contributed by atoms with Crippen LogP contribution in [0.3, 0.4) is 0 Å². The largest absolute Gasteiger partial charge is 0.377 e. The fourth-order valence-corrected chi connectivity index (χ4v) is 3.63. The molecule has 1 aromatic rings. The highest BCUT2D eigenvalue weighted by Crippen LogP contribution is 2.25. The summed E-state index contributed by atoms with van der Waals surface area (Å²) in [6.45, 7) is 5.43. The molecule has 0 radical (unpaired) electrons. The van der Waals surface area contributed by atoms with Crippen LogP contribution in [0.1, 0.15) is 31.2 Å². The summed E-state index contributed by atoms with van der Waals surface area (Å²) in [5, 5.41) is 5.89. The van der Waals surface area contributed by atoms with E-state index in [0.29, 0.717) is 17.4 Å². The first-order valence-electron chi connectivity index (χ1n) is 8.88. The molecular formula is C18H25ClFN3O2. The quantitative estimate of drug-likeness (QED) is 0.853. The van der Waals surface area contributed by atoms with Crippen molar-refractivity contribution in [3.8, 4) is 0 Å². The Morgan fingerprint density at radius 3 is 2.80 bits per heavy atom. The normalized spacial score (nSPS) is 22.1. The maximum Gasteiger partial charge on any atom is 0.319 e. The molecule has 2 saturated heterocycles. The van der Waals surface area contributed by atoms with Gasteiger partial charge in [-0.25, -0.2) is 9.18 Å². The molecule has 7 heteroatoms. The van der Waals surface area contributed by atoms with Crippen molar-refractivity contribution >= 4 is 23.3 Å². The number of likely N-dealkylation sites (tertiary alicyclic amines) is 1. The molecule has 25 heavy (non-hydrogen) atoms. The van der Waals surface area contributed by atoms with E-state index in [-0.39, 0.29) is 22.9 Å². The van der Waals surface area contributed by atoms with Crippen LogP contribution in [-0.2, 0) is 4.74 Å². The van der Waals surface area contributed by atoms with Crippen molar-refractivity contribution in [3.05, 3.63) is 28.5 Å². The number of aryl methyl sites for hydroxylation is 1. The first kappa shape index (κ1) is 18.4. The molecule has 2 amide bonds. The van der Waals surface area contributed by atoms with Crippen molar-refractivity contribution in [2.75, 3.05) is 31.6 Å². The van der Waals surface area contributed by atoms with Gasteiger partial charge in [0.1, 0.15) is 5.82 Å². The first-order valence-corrected chi connectivity index (χ1v) is 9.26. The van der Waals surface area contributed by atoms with Gasteiger partial charge in [0.05, 0.1) is 16.8 Å². The Labute approximate surface area is 152 Å². The lowest BCUT2D eigenvalue weighted by atomic mass is 10.0. The maximum atomic E-state index is 13.4. The topological polar surface area (TPSA) is 53.6 Å². The number of halogens is 2. The van der Waals surface area contributed by atoms with E-state index in [2.05, 4.69) is 15.5 Å². The van der Waals surface area contributed by atoms with E-state index in [4.69, 9.17) is 16.3 Å². The lowest BCUT2D eigenvalue weighted by Gasteiger charge is -2.33. The minimum Gasteiger partial charge on any atom is -0.377 e. The van der Waals surface area contributed by atoms with Crippen LogP contribution in [0, 0.1) is 12.7 Å². The molecule has 5 nitrogen and oxygen atoms in total. The van der Waals surface area contributed by atoms with Gasteiger partial charge in [0.15, 0.2) is 0 Å². The molecule has 2 N–H and O–H groups in total. The second-order valence-corrected chi connectivity index (χ2v) is 7.30. The van der Waals surface area contributed by atoms with Crippen LogP contribution in [0.15, 0.2) is 12.1 Å². The van der Waals surface area contributed by atoms with Crippen LogP contribution in [0.25, 0.3) is 0 Å². The summed E-state index contributed by atoms with van der Waals surface area (Å²) in [5.74, 6) is -0.380. The van der Waals surface area contributed by atoms with Crippen molar-refractivity contribution in [2.45, 2.75) is 44.8 Å². The summed E-state index contributed by atoms with van der Waals surface area (Å²) in [5.41, 5.74) is 0.871. The van der Waals surface area contributed by atoms with Gasteiger partial charge < -0.3 is 20.3 Å². The summed E-state index contributed by atoms with van der Waals surface area (Å²) in [7, 11) is 0. The number of nitrogens with zero attached hydrogens (tertiary/aromatic N) is 1. The molecule has 1 aromatic carbocycles. The molecule has 2 aliphatic heterocycles. The minimum atomic E-state index is -0.380. The summed E-state index contributed by atoms with van der Waals surface area (Å²) in [6.07, 6.45) is 4.51. The first-order chi connectivity index (χ1) is 12.0. The fourth-order valence-electron chi connectivity index (χ4n) is 3.43. The Balaban J connectivity index is 1.44. The van der Waals surface area contributed by atoms with Gasteiger partial charge in [-0.15, -0.1) is 0 Å². The average Bonchev–Trinajstić information content (AvgIpc) is 3.07. The molecule has 0 saturated carbocycles. The standard InChI is InChI=1S/C18H25ClFN3O2/c1-12-9-17(15(19)10-16(12)20)22-18(24)21-13-4-6-23(7-5-13)11-14-3-2-8-25-14/h9-10,13-14H,2-8,11H2,1H3,(H2,21,22,24)/t14-/m0/s1. The summed E-state index contributed by atoms with van der Waals surface area (Å²) in [4.78, 5) is 14.6. The van der Waals surface area contributed by atoms with Crippen LogP contribution in [0.4, 0.5) is 14.9 Å². The van der Waals surface area contributed by atoms with Gasteiger partial charge in [-0.2, -0.15) is 0 Å². The van der Waals surface area contributed by atoms with Gasteiger partial charge in [0, 0.05) is 32.3 Å². The van der Waals surface area contributed by atoms with Crippen LogP contribution in [-0.4, -0.2) is 49.3 Å². The Morgan fingerprint density at radius 2 is 2.12 bits per heavy atom. The molecule has 138 valence electrons. The highest BCUT2D eigenvalue weighted by atomic mass is 35.5. The van der Waals surface area contributed by atoms with Crippen molar-refractivity contribution < 1.29 is 13.9 Å². The number of rotatable bonds is 4. The molecule has 2 heterocycles. The van der Waals surface area contributed by atoms with E-state index >= 15 is 0 Å². The van der Waals surface area contributed by atoms with Crippen LogP contribution >= 0.6 is 11.6 Å². The Bertz CT molecular complexity index is 615. The molecule has 0 aliphatic carbocycles. The van der Waals surface area contributed by atoms with E-state index < -0.39 is 0 Å². The predicted molar refractivity (Wildman–Crippen MR) is 96.7 cm³/mol. The van der Waals surface area contributed by atoms with Crippen LogP contribution in [0.5, 0.6) is 0 Å². The monoisotopic (exact) mass is 369 g/mol. The summed E-state index contributed by atoms with van der Waals surface area (Å²) in [6, 6.07) is 2.60. The number of nitrogens with one attached hydrogen (secondary N) is 2. The number of carbonyl (C=O) groups excluding carboxylic acids is 1. The predicted octanol–water partition coefficient (Wildman–Crippen LogP) is 3.55. The smallest absolute Gasteiger partial charge is 0.319 e. The molecule has 0 bridgehead atoms. The van der Waals surface area contributed by atoms with E-state index in [1.165, 1.54) is 6.07 Å². The maximum absolute atomic E-state index is 13.4. The van der Waals surface area contributed by atoms with Gasteiger partial charge in [-0.1, -0.05) is 11.6 Å². The van der Waals surface area contributed by atoms with Gasteiger partial charge in [-0.05, 0) is 50.3 Å². The Hall–Kier alpha value is -1.37. The molecule has 0 unspecified atom stereocenters. The van der Waals surface area contributed by atoms with Crippen molar-refractivity contribution in [1.82, 2.24) is 10.2 Å². The number of carbonyl (C=O) groups is 1. The third-order valence-corrected chi connectivity index (χ3v) is 5.22. The zero-order valence-corrected chi connectivity index (χ0v) is 15.2. The highest BCUT2D eigenvalue weighted by Gasteiger charge is 2.24. The number of hydrogen-bond donors (Lipinski definition) is 2. The SMILES string of the molecule is Cc1cc(NC(=O)NC2CCN(C[C@@H]3CCCO3)CC2)c(Cl)cc1F. The van der Waals surface area contributed by atoms with Crippen LogP contribution in [0.2, 0.25) is 5.02 Å². The molecule has 1 atom stereocenters. The summed E-state index contributed by atoms with van der Waals surface area (Å²) >= 11 is 5.99. The number of anilines is 1. The van der Waals surface area contributed by atoms with Gasteiger partial charge in [-0.3, -0.25) is 0 Å². The Kier molecular flexibility index (Phi) is 6.15. The second-order valence-electron chi connectivity index (χ2n) is 6.89. The summed E-state index contributed by atoms with van der Waals surface area (Å²) < 4.78 is 19.1. The molecule has 3 rings (SSSR count). The number of urea groups is 1. The average molecular weight is 370 g/mol. The highest BCUT2D eigenvalue weighted by molar-refractivity contribution is 6.33. The molecular weight excluding hydrogens is 345 g/mol. The van der Waals surface area contributed by atoms with E-state index in [1.54, 1.807) is 13.0 Å². The number of piperidine rings is 1. The van der Waals surface area contributed by atoms with E-state index in [9.17, 15) is 9.18 Å². The second kappa shape index (κ2) is 8.34. The lowest BCUT2D eigenvalue weighted by Crippen LogP contribution is -2.47. The molecule has 0 aromatic heterocycles. The van der Waals surface area contributed by atoms with Crippen molar-refractivity contribution in [3.63, 3.8) is 0 Å². The fraction of sp³-hybridized carbons (Fsp3) is 0.611. The zero-order valence-electron chi connectivity index (χ0n) is 14.5. The molecule has 0 spiro atoms. The van der Waals surface area contributed by atoms with E-state index in [0.717, 1.165) is 51.9 Å². The Morgan fingerprint density at radius 1 is 1.36 bits per heavy atom. The number of amides is 2. The lowest BCUT2D eigenvalue weighted by molar-refractivity contribution is 0.0633. The third-order valence-electron chi connectivity index (χ3n) is 4.91. The molecule has 2 fully saturated rings. The minimum absolute atomic E-state index is 0.140. The van der Waals surface area contributed by atoms with Gasteiger partial charge in [0.2, 0.25) is 0 Å². The van der Waals surface area contributed by atoms with Crippen LogP contribution < -0.4 is 10.6 Å². The number of benzene rings is 1. The number of hydrogen-bond acceptors (Lipinski definition) is 3.